The highest BCUT2D eigenvalue weighted by Gasteiger charge is 2.05. The molecule has 0 bridgehead atoms. The highest BCUT2D eigenvalue weighted by atomic mass is 16.5. The van der Waals surface area contributed by atoms with Crippen molar-refractivity contribution < 1.29 is 4.74 Å². The molecular formula is C16H22N4O. The first-order valence-electron chi connectivity index (χ1n) is 7.12. The second-order valence-corrected chi connectivity index (χ2v) is 5.25. The molecule has 0 aliphatic rings. The van der Waals surface area contributed by atoms with Gasteiger partial charge in [0.15, 0.2) is 0 Å². The van der Waals surface area contributed by atoms with Crippen LogP contribution in [-0.2, 0) is 0 Å². The fourth-order valence-corrected chi connectivity index (χ4v) is 1.85. The van der Waals surface area contributed by atoms with Crippen LogP contribution in [0.3, 0.4) is 0 Å². The second kappa shape index (κ2) is 6.92. The Morgan fingerprint density at radius 2 is 1.90 bits per heavy atom. The average Bonchev–Trinajstić information content (AvgIpc) is 2.45. The van der Waals surface area contributed by atoms with Gasteiger partial charge in [-0.05, 0) is 31.2 Å². The van der Waals surface area contributed by atoms with E-state index in [-0.39, 0.29) is 0 Å². The van der Waals surface area contributed by atoms with Gasteiger partial charge in [0.25, 0.3) is 0 Å². The predicted octanol–water partition coefficient (Wildman–Crippen LogP) is 2.98. The van der Waals surface area contributed by atoms with Gasteiger partial charge in [-0.2, -0.15) is 0 Å². The number of ether oxygens (including phenoxy) is 1. The molecule has 0 aliphatic carbocycles. The van der Waals surface area contributed by atoms with Crippen molar-refractivity contribution in [3.8, 4) is 5.75 Å². The lowest BCUT2D eigenvalue weighted by molar-refractivity contribution is 0.333. The number of nitrogens with two attached hydrogens (primary N) is 1. The van der Waals surface area contributed by atoms with Crippen LogP contribution in [0.1, 0.15) is 31.3 Å². The molecule has 0 spiro atoms. The number of nitrogens with one attached hydrogen (secondary N) is 1. The van der Waals surface area contributed by atoms with Crippen LogP contribution in [0.4, 0.5) is 11.5 Å². The van der Waals surface area contributed by atoms with Gasteiger partial charge in [-0.15, -0.1) is 0 Å². The van der Waals surface area contributed by atoms with E-state index in [2.05, 4.69) is 29.1 Å². The summed E-state index contributed by atoms with van der Waals surface area (Å²) in [6.45, 7) is 7.39. The Balaban J connectivity index is 1.84. The van der Waals surface area contributed by atoms with Crippen LogP contribution >= 0.6 is 0 Å². The minimum Gasteiger partial charge on any atom is -0.492 e. The van der Waals surface area contributed by atoms with Gasteiger partial charge in [-0.25, -0.2) is 9.97 Å². The molecule has 0 unspecified atom stereocenters. The lowest BCUT2D eigenvalue weighted by Crippen LogP contribution is -2.13. The molecule has 5 nitrogen and oxygen atoms in total. The molecule has 0 fully saturated rings. The summed E-state index contributed by atoms with van der Waals surface area (Å²) >= 11 is 0. The largest absolute Gasteiger partial charge is 0.492 e. The maximum absolute atomic E-state index is 5.63. The second-order valence-electron chi connectivity index (χ2n) is 5.25. The molecule has 21 heavy (non-hydrogen) atoms. The van der Waals surface area contributed by atoms with Crippen LogP contribution in [0.5, 0.6) is 5.75 Å². The molecule has 0 amide bonds. The van der Waals surface area contributed by atoms with Crippen molar-refractivity contribution in [2.75, 3.05) is 24.2 Å². The van der Waals surface area contributed by atoms with Crippen LogP contribution < -0.4 is 15.8 Å². The molecule has 2 rings (SSSR count). The van der Waals surface area contributed by atoms with E-state index in [1.807, 2.05) is 37.3 Å². The molecule has 0 saturated heterocycles. The van der Waals surface area contributed by atoms with Crippen molar-refractivity contribution in [3.05, 3.63) is 41.9 Å². The Labute approximate surface area is 125 Å². The van der Waals surface area contributed by atoms with Crippen molar-refractivity contribution in [2.45, 2.75) is 26.7 Å². The summed E-state index contributed by atoms with van der Waals surface area (Å²) < 4.78 is 5.63. The first-order chi connectivity index (χ1) is 10.0. The van der Waals surface area contributed by atoms with Crippen LogP contribution in [0, 0.1) is 6.92 Å². The minimum absolute atomic E-state index is 0.316. The number of rotatable bonds is 6. The third kappa shape index (κ3) is 4.63. The van der Waals surface area contributed by atoms with Crippen molar-refractivity contribution in [1.82, 2.24) is 9.97 Å². The number of anilines is 2. The van der Waals surface area contributed by atoms with Crippen molar-refractivity contribution >= 4 is 11.5 Å². The van der Waals surface area contributed by atoms with E-state index >= 15 is 0 Å². The molecule has 5 heteroatoms. The van der Waals surface area contributed by atoms with Crippen molar-refractivity contribution in [1.29, 1.82) is 0 Å². The molecule has 0 saturated carbocycles. The molecular weight excluding hydrogens is 264 g/mol. The van der Waals surface area contributed by atoms with E-state index in [9.17, 15) is 0 Å². The number of benzene rings is 1. The summed E-state index contributed by atoms with van der Waals surface area (Å²) in [6, 6.07) is 9.31. The van der Waals surface area contributed by atoms with Crippen LogP contribution in [-0.4, -0.2) is 23.1 Å². The third-order valence-corrected chi connectivity index (χ3v) is 2.94. The highest BCUT2D eigenvalue weighted by Crippen LogP contribution is 2.14. The summed E-state index contributed by atoms with van der Waals surface area (Å²) in [5.41, 5.74) is 7.33. The molecule has 0 atom stereocenters. The predicted molar refractivity (Wildman–Crippen MR) is 85.7 cm³/mol. The molecule has 2 aromatic rings. The molecule has 0 aliphatic heterocycles. The third-order valence-electron chi connectivity index (χ3n) is 2.94. The first kappa shape index (κ1) is 15.1. The molecule has 1 aromatic carbocycles. The Hall–Kier alpha value is -2.30. The zero-order valence-corrected chi connectivity index (χ0v) is 12.8. The van der Waals surface area contributed by atoms with Gasteiger partial charge in [0.1, 0.15) is 24.0 Å². The van der Waals surface area contributed by atoms with Crippen LogP contribution in [0.15, 0.2) is 30.3 Å². The SMILES string of the molecule is Cc1cc(NCCOc2ccc(N)cc2)nc(C(C)C)n1. The first-order valence-corrected chi connectivity index (χ1v) is 7.12. The molecule has 3 N–H and O–H groups in total. The number of hydrogen-bond donors (Lipinski definition) is 2. The summed E-state index contributed by atoms with van der Waals surface area (Å²) in [6.07, 6.45) is 0. The zero-order valence-electron chi connectivity index (χ0n) is 12.8. The van der Waals surface area contributed by atoms with Gasteiger partial charge < -0.3 is 15.8 Å². The van der Waals surface area contributed by atoms with Crippen molar-refractivity contribution in [2.24, 2.45) is 0 Å². The normalized spacial score (nSPS) is 10.7. The summed E-state index contributed by atoms with van der Waals surface area (Å²) in [5, 5.41) is 3.26. The van der Waals surface area contributed by atoms with Gasteiger partial charge in [0.2, 0.25) is 0 Å². The summed E-state index contributed by atoms with van der Waals surface area (Å²) in [7, 11) is 0. The summed E-state index contributed by atoms with van der Waals surface area (Å²) in [5.74, 6) is 2.83. The van der Waals surface area contributed by atoms with Gasteiger partial charge >= 0.3 is 0 Å². The quantitative estimate of drug-likeness (QED) is 0.631. The standard InChI is InChI=1S/C16H22N4O/c1-11(2)16-19-12(3)10-15(20-16)18-8-9-21-14-6-4-13(17)5-7-14/h4-7,10-11H,8-9,17H2,1-3H3,(H,18,19,20). The average molecular weight is 286 g/mol. The number of nitrogen functional groups attached to an aromatic ring is 1. The van der Waals surface area contributed by atoms with E-state index in [0.717, 1.165) is 28.8 Å². The monoisotopic (exact) mass is 286 g/mol. The number of aryl methyl sites for hydroxylation is 1. The van der Waals surface area contributed by atoms with Gasteiger partial charge in [0.05, 0.1) is 6.54 Å². The lowest BCUT2D eigenvalue weighted by atomic mass is 10.2. The van der Waals surface area contributed by atoms with Gasteiger partial charge in [-0.3, -0.25) is 0 Å². The van der Waals surface area contributed by atoms with Gasteiger partial charge in [-0.1, -0.05) is 13.8 Å². The molecule has 1 heterocycles. The van der Waals surface area contributed by atoms with E-state index in [1.165, 1.54) is 0 Å². The Morgan fingerprint density at radius 1 is 1.19 bits per heavy atom. The maximum atomic E-state index is 5.63. The number of aromatic nitrogens is 2. The van der Waals surface area contributed by atoms with E-state index in [0.29, 0.717) is 19.1 Å². The van der Waals surface area contributed by atoms with Crippen molar-refractivity contribution in [3.63, 3.8) is 0 Å². The number of hydrogen-bond acceptors (Lipinski definition) is 5. The summed E-state index contributed by atoms with van der Waals surface area (Å²) in [4.78, 5) is 8.92. The molecule has 112 valence electrons. The maximum Gasteiger partial charge on any atom is 0.133 e. The number of nitrogens with zero attached hydrogens (tertiary/aromatic N) is 2. The Kier molecular flexibility index (Phi) is 4.98. The van der Waals surface area contributed by atoms with E-state index < -0.39 is 0 Å². The highest BCUT2D eigenvalue weighted by molar-refractivity contribution is 5.41. The van der Waals surface area contributed by atoms with Gasteiger partial charge in [0, 0.05) is 23.4 Å². The van der Waals surface area contributed by atoms with E-state index in [1.54, 1.807) is 0 Å². The minimum atomic E-state index is 0.316. The zero-order chi connectivity index (χ0) is 15.2. The molecule has 1 aromatic heterocycles. The topological polar surface area (TPSA) is 73.1 Å². The molecule has 0 radical (unpaired) electrons. The lowest BCUT2D eigenvalue weighted by Gasteiger charge is -2.11. The smallest absolute Gasteiger partial charge is 0.133 e. The Morgan fingerprint density at radius 3 is 2.57 bits per heavy atom. The van der Waals surface area contributed by atoms with E-state index in [4.69, 9.17) is 10.5 Å². The Bertz CT molecular complexity index is 581. The van der Waals surface area contributed by atoms with Crippen LogP contribution in [0.2, 0.25) is 0 Å². The van der Waals surface area contributed by atoms with Crippen LogP contribution in [0.25, 0.3) is 0 Å². The fourth-order valence-electron chi connectivity index (χ4n) is 1.85. The fraction of sp³-hybridized carbons (Fsp3) is 0.375.